The smallest absolute Gasteiger partial charge is 0.193 e. The van der Waals surface area contributed by atoms with E-state index in [1.807, 2.05) is 6.92 Å². The maximum absolute atomic E-state index is 17.1. The molecule has 4 aliphatic carbocycles. The minimum Gasteiger partial charge on any atom is -0.390 e. The largest absolute Gasteiger partial charge is 0.390 e. The van der Waals surface area contributed by atoms with Gasteiger partial charge in [-0.25, -0.2) is 4.39 Å². The van der Waals surface area contributed by atoms with Crippen LogP contribution in [0.15, 0.2) is 23.8 Å². The summed E-state index contributed by atoms with van der Waals surface area (Å²) in [6, 6.07) is 0. The molecule has 0 aromatic heterocycles. The van der Waals surface area contributed by atoms with Crippen LogP contribution in [-0.4, -0.2) is 57.7 Å². The maximum atomic E-state index is 17.1. The summed E-state index contributed by atoms with van der Waals surface area (Å²) in [7, 11) is 0. The van der Waals surface area contributed by atoms with Crippen molar-refractivity contribution in [3.63, 3.8) is 0 Å². The van der Waals surface area contributed by atoms with E-state index in [0.717, 1.165) is 5.57 Å². The van der Waals surface area contributed by atoms with E-state index in [0.29, 0.717) is 19.3 Å². The fourth-order valence-electron chi connectivity index (χ4n) is 7.93. The first-order valence-corrected chi connectivity index (χ1v) is 11.2. The van der Waals surface area contributed by atoms with Crippen molar-refractivity contribution in [2.24, 2.45) is 22.7 Å². The first-order chi connectivity index (χ1) is 14.4. The van der Waals surface area contributed by atoms with Crippen LogP contribution in [0.5, 0.6) is 0 Å². The van der Waals surface area contributed by atoms with Crippen molar-refractivity contribution < 1.29 is 33.7 Å². The summed E-state index contributed by atoms with van der Waals surface area (Å²) in [6.07, 6.45) is 4.00. The van der Waals surface area contributed by atoms with Crippen LogP contribution in [0.4, 0.5) is 4.39 Å². The third-order valence-corrected chi connectivity index (χ3v) is 9.19. The highest BCUT2D eigenvalue weighted by atomic mass is 19.1. The molecule has 8 atom stereocenters. The van der Waals surface area contributed by atoms with E-state index in [1.54, 1.807) is 26.8 Å². The van der Waals surface area contributed by atoms with Gasteiger partial charge in [0.2, 0.25) is 0 Å². The number of carbonyl (C=O) groups excluding carboxylic acids is 2. The molecule has 0 bridgehead atoms. The number of ketones is 2. The Labute approximate surface area is 181 Å². The normalized spacial score (nSPS) is 52.1. The molecule has 1 aliphatic heterocycles. The Morgan fingerprint density at radius 3 is 2.65 bits per heavy atom. The van der Waals surface area contributed by atoms with Crippen LogP contribution in [0.1, 0.15) is 53.4 Å². The van der Waals surface area contributed by atoms with Gasteiger partial charge in [-0.3, -0.25) is 9.59 Å². The number of halogens is 1. The summed E-state index contributed by atoms with van der Waals surface area (Å²) in [5.41, 5.74) is -4.66. The Morgan fingerprint density at radius 1 is 1.26 bits per heavy atom. The highest BCUT2D eigenvalue weighted by Crippen LogP contribution is 2.72. The van der Waals surface area contributed by atoms with Crippen LogP contribution in [0.25, 0.3) is 0 Å². The second-order valence-corrected chi connectivity index (χ2v) is 10.9. The second kappa shape index (κ2) is 6.13. The van der Waals surface area contributed by atoms with Crippen LogP contribution >= 0.6 is 0 Å². The molecule has 0 radical (unpaired) electrons. The molecule has 2 N–H and O–H groups in total. The van der Waals surface area contributed by atoms with E-state index >= 15 is 4.39 Å². The van der Waals surface area contributed by atoms with Crippen molar-refractivity contribution in [2.45, 2.75) is 82.6 Å². The Kier molecular flexibility index (Phi) is 4.24. The number of Topliss-reactive ketones (excluding diaryl/α,β-unsaturated/α-hetero) is 1. The Bertz CT molecular complexity index is 925. The summed E-state index contributed by atoms with van der Waals surface area (Å²) in [6.45, 7) is 6.41. The molecule has 0 aromatic rings. The number of aliphatic hydroxyl groups excluding tert-OH is 2. The van der Waals surface area contributed by atoms with Crippen molar-refractivity contribution in [3.05, 3.63) is 23.8 Å². The summed E-state index contributed by atoms with van der Waals surface area (Å²) < 4.78 is 29.5. The first-order valence-electron chi connectivity index (χ1n) is 11.2. The molecule has 0 spiro atoms. The van der Waals surface area contributed by atoms with Gasteiger partial charge in [-0.2, -0.15) is 0 Å². The SMILES string of the molecule is CC1(C)O[C@@H]2C[C@H]3[C@@H]4CCC5=CC(=O)C=C[C@]5(C)[C@@]4(F)[C@@H](O)C[C@]3(C)[C@@]2(C(=O)CO)O1. The van der Waals surface area contributed by atoms with Crippen molar-refractivity contribution in [1.29, 1.82) is 0 Å². The van der Waals surface area contributed by atoms with E-state index < -0.39 is 58.4 Å². The average Bonchev–Trinajstić information content (AvgIpc) is 3.09. The number of carbonyl (C=O) groups is 2. The molecule has 3 saturated carbocycles. The van der Waals surface area contributed by atoms with Gasteiger partial charge in [-0.15, -0.1) is 0 Å². The number of alkyl halides is 1. The highest BCUT2D eigenvalue weighted by molar-refractivity contribution is 6.01. The van der Waals surface area contributed by atoms with Gasteiger partial charge in [0, 0.05) is 16.7 Å². The molecule has 5 aliphatic rings. The molecule has 0 unspecified atom stereocenters. The molecule has 31 heavy (non-hydrogen) atoms. The molecule has 5 rings (SSSR count). The van der Waals surface area contributed by atoms with Gasteiger partial charge in [-0.05, 0) is 64.5 Å². The molecule has 0 amide bonds. The zero-order valence-corrected chi connectivity index (χ0v) is 18.5. The quantitative estimate of drug-likeness (QED) is 0.694. The minimum atomic E-state index is -1.98. The van der Waals surface area contributed by atoms with E-state index in [4.69, 9.17) is 9.47 Å². The van der Waals surface area contributed by atoms with Gasteiger partial charge < -0.3 is 19.7 Å². The molecular weight excluding hydrogens is 403 g/mol. The van der Waals surface area contributed by atoms with Crippen molar-refractivity contribution in [2.75, 3.05) is 6.61 Å². The number of allylic oxidation sites excluding steroid dienone is 4. The Balaban J connectivity index is 1.64. The van der Waals surface area contributed by atoms with Crippen LogP contribution < -0.4 is 0 Å². The lowest BCUT2D eigenvalue weighted by atomic mass is 9.44. The zero-order chi connectivity index (χ0) is 22.6. The van der Waals surface area contributed by atoms with Crippen LogP contribution in [0, 0.1) is 22.7 Å². The third kappa shape index (κ3) is 2.31. The number of hydrogen-bond acceptors (Lipinski definition) is 6. The summed E-state index contributed by atoms with van der Waals surface area (Å²) in [5.74, 6) is -2.46. The maximum Gasteiger partial charge on any atom is 0.193 e. The predicted octanol–water partition coefficient (Wildman–Crippen LogP) is 2.42. The molecule has 4 fully saturated rings. The summed E-state index contributed by atoms with van der Waals surface area (Å²) >= 11 is 0. The van der Waals surface area contributed by atoms with Crippen LogP contribution in [0.2, 0.25) is 0 Å². The monoisotopic (exact) mass is 434 g/mol. The topological polar surface area (TPSA) is 93.1 Å². The van der Waals surface area contributed by atoms with Crippen LogP contribution in [-0.2, 0) is 19.1 Å². The molecule has 0 aromatic carbocycles. The number of aliphatic hydroxyl groups is 2. The fourth-order valence-corrected chi connectivity index (χ4v) is 7.93. The fraction of sp³-hybridized carbons (Fsp3) is 0.750. The van der Waals surface area contributed by atoms with Gasteiger partial charge in [0.1, 0.15) is 6.61 Å². The minimum absolute atomic E-state index is 0.0109. The predicted molar refractivity (Wildman–Crippen MR) is 109 cm³/mol. The number of fused-ring (bicyclic) bond motifs is 7. The lowest BCUT2D eigenvalue weighted by Gasteiger charge is -2.62. The molecule has 1 heterocycles. The summed E-state index contributed by atoms with van der Waals surface area (Å²) in [5, 5.41) is 21.2. The van der Waals surface area contributed by atoms with Gasteiger partial charge >= 0.3 is 0 Å². The number of ether oxygens (including phenoxy) is 2. The molecule has 7 heteroatoms. The summed E-state index contributed by atoms with van der Waals surface area (Å²) in [4.78, 5) is 25.1. The number of hydrogen-bond donors (Lipinski definition) is 2. The number of rotatable bonds is 2. The van der Waals surface area contributed by atoms with E-state index in [1.165, 1.54) is 12.2 Å². The van der Waals surface area contributed by atoms with E-state index in [9.17, 15) is 19.8 Å². The standard InChI is InChI=1S/C24H31FO6/c1-20(2)30-19-10-16-15-6-5-13-9-14(27)7-8-21(13,3)23(15,25)17(28)11-22(16,4)24(19,31-20)18(29)12-26/h7-9,15-17,19,26,28H,5-6,10-12H2,1-4H3/t15-,16-,17-,19+,21-,22-,23-,24-/m0/s1. The van der Waals surface area contributed by atoms with Crippen molar-refractivity contribution >= 4 is 11.6 Å². The van der Waals surface area contributed by atoms with Crippen molar-refractivity contribution in [3.8, 4) is 0 Å². The van der Waals surface area contributed by atoms with E-state index in [-0.39, 0.29) is 18.1 Å². The van der Waals surface area contributed by atoms with E-state index in [2.05, 4.69) is 0 Å². The van der Waals surface area contributed by atoms with Gasteiger partial charge in [0.25, 0.3) is 0 Å². The highest BCUT2D eigenvalue weighted by Gasteiger charge is 2.79. The molecule has 170 valence electrons. The average molecular weight is 435 g/mol. The molecule has 6 nitrogen and oxygen atoms in total. The lowest BCUT2D eigenvalue weighted by Crippen LogP contribution is -2.70. The van der Waals surface area contributed by atoms with Crippen LogP contribution in [0.3, 0.4) is 0 Å². The molecule has 1 saturated heterocycles. The second-order valence-electron chi connectivity index (χ2n) is 10.9. The van der Waals surface area contributed by atoms with Gasteiger partial charge in [-0.1, -0.05) is 18.6 Å². The first kappa shape index (κ1) is 21.4. The Hall–Kier alpha value is -1.41. The van der Waals surface area contributed by atoms with Crippen molar-refractivity contribution in [1.82, 2.24) is 0 Å². The Morgan fingerprint density at radius 2 is 1.97 bits per heavy atom. The third-order valence-electron chi connectivity index (χ3n) is 9.19. The zero-order valence-electron chi connectivity index (χ0n) is 18.5. The van der Waals surface area contributed by atoms with Gasteiger partial charge in [0.15, 0.2) is 28.6 Å². The lowest BCUT2D eigenvalue weighted by molar-refractivity contribution is -0.246. The van der Waals surface area contributed by atoms with Gasteiger partial charge in [0.05, 0.1) is 12.2 Å². The molecular formula is C24H31FO6.